The normalized spacial score (nSPS) is 13.7. The molecule has 0 saturated carbocycles. The molecule has 0 bridgehead atoms. The predicted octanol–water partition coefficient (Wildman–Crippen LogP) is 5.69. The van der Waals surface area contributed by atoms with Gasteiger partial charge in [-0.05, 0) is 35.6 Å². The van der Waals surface area contributed by atoms with Crippen molar-refractivity contribution >= 4 is 11.3 Å². The number of rotatable bonds is 6. The molecule has 1 heteroatoms. The van der Waals surface area contributed by atoms with Crippen molar-refractivity contribution in [3.8, 4) is 0 Å². The maximum absolute atomic E-state index is 2.35. The van der Waals surface area contributed by atoms with Gasteiger partial charge in [0.25, 0.3) is 0 Å². The lowest BCUT2D eigenvalue weighted by atomic mass is 9.92. The quantitative estimate of drug-likeness (QED) is 0.620. The van der Waals surface area contributed by atoms with Gasteiger partial charge in [0.2, 0.25) is 0 Å². The molecular formula is C22H27N. The third kappa shape index (κ3) is 3.67. The lowest BCUT2D eigenvalue weighted by molar-refractivity contribution is 0.667. The molecule has 2 aromatic carbocycles. The molecule has 0 atom stereocenters. The lowest BCUT2D eigenvalue weighted by Crippen LogP contribution is -2.22. The largest absolute Gasteiger partial charge is 0.370 e. The van der Waals surface area contributed by atoms with Crippen LogP contribution in [0, 0.1) is 0 Å². The first kappa shape index (κ1) is 15.9. The SMILES string of the molecule is CCCCCCc1ccc(C2=CCN(C)c3ccccc32)cc1. The van der Waals surface area contributed by atoms with E-state index in [1.54, 1.807) is 0 Å². The summed E-state index contributed by atoms with van der Waals surface area (Å²) < 4.78 is 0. The highest BCUT2D eigenvalue weighted by molar-refractivity contribution is 5.88. The summed E-state index contributed by atoms with van der Waals surface area (Å²) in [5.74, 6) is 0. The van der Waals surface area contributed by atoms with Gasteiger partial charge < -0.3 is 4.90 Å². The maximum Gasteiger partial charge on any atom is 0.0446 e. The molecule has 2 aromatic rings. The standard InChI is InChI=1S/C22H27N/c1-3-4-5-6-9-18-12-14-19(15-13-18)20-16-17-23(2)22-11-8-7-10-21(20)22/h7-8,10-16H,3-6,9,17H2,1-2H3. The molecule has 0 unspecified atom stereocenters. The second-order valence-electron chi connectivity index (χ2n) is 6.52. The molecule has 1 heterocycles. The van der Waals surface area contributed by atoms with E-state index in [2.05, 4.69) is 73.5 Å². The van der Waals surface area contributed by atoms with E-state index in [4.69, 9.17) is 0 Å². The number of unbranched alkanes of at least 4 members (excludes halogenated alkanes) is 3. The number of benzene rings is 2. The summed E-state index contributed by atoms with van der Waals surface area (Å²) in [6.07, 6.45) is 8.88. The summed E-state index contributed by atoms with van der Waals surface area (Å²) in [6.45, 7) is 3.24. The molecule has 0 fully saturated rings. The zero-order valence-electron chi connectivity index (χ0n) is 14.4. The second kappa shape index (κ2) is 7.50. The second-order valence-corrected chi connectivity index (χ2v) is 6.52. The monoisotopic (exact) mass is 305 g/mol. The Kier molecular flexibility index (Phi) is 5.17. The number of hydrogen-bond acceptors (Lipinski definition) is 1. The first-order valence-corrected chi connectivity index (χ1v) is 8.89. The van der Waals surface area contributed by atoms with E-state index >= 15 is 0 Å². The Balaban J connectivity index is 1.75. The van der Waals surface area contributed by atoms with Crippen LogP contribution < -0.4 is 4.90 Å². The number of anilines is 1. The molecule has 0 amide bonds. The molecular weight excluding hydrogens is 278 g/mol. The minimum atomic E-state index is 0.977. The first-order chi connectivity index (χ1) is 11.3. The van der Waals surface area contributed by atoms with Gasteiger partial charge in [0.1, 0.15) is 0 Å². The van der Waals surface area contributed by atoms with Crippen LogP contribution in [0.5, 0.6) is 0 Å². The number of nitrogens with zero attached hydrogens (tertiary/aromatic N) is 1. The van der Waals surface area contributed by atoms with E-state index in [-0.39, 0.29) is 0 Å². The molecule has 0 saturated heterocycles. The van der Waals surface area contributed by atoms with Crippen molar-refractivity contribution in [2.45, 2.75) is 39.0 Å². The zero-order chi connectivity index (χ0) is 16.1. The summed E-state index contributed by atoms with van der Waals surface area (Å²) in [7, 11) is 2.16. The van der Waals surface area contributed by atoms with Crippen molar-refractivity contribution in [3.05, 3.63) is 71.3 Å². The van der Waals surface area contributed by atoms with E-state index in [9.17, 15) is 0 Å². The molecule has 1 aliphatic heterocycles. The van der Waals surface area contributed by atoms with Crippen molar-refractivity contribution < 1.29 is 0 Å². The Labute approximate surface area is 140 Å². The van der Waals surface area contributed by atoms with Gasteiger partial charge in [-0.2, -0.15) is 0 Å². The molecule has 120 valence electrons. The van der Waals surface area contributed by atoms with Gasteiger partial charge in [-0.1, -0.05) is 74.7 Å². The topological polar surface area (TPSA) is 3.24 Å². The summed E-state index contributed by atoms with van der Waals surface area (Å²) in [5.41, 5.74) is 6.84. The number of para-hydroxylation sites is 1. The summed E-state index contributed by atoms with van der Waals surface area (Å²) >= 11 is 0. The Morgan fingerprint density at radius 2 is 1.70 bits per heavy atom. The van der Waals surface area contributed by atoms with Crippen molar-refractivity contribution in [1.82, 2.24) is 0 Å². The van der Waals surface area contributed by atoms with Gasteiger partial charge in [0, 0.05) is 24.8 Å². The fourth-order valence-corrected chi connectivity index (χ4v) is 3.35. The van der Waals surface area contributed by atoms with Crippen LogP contribution in [0.25, 0.3) is 5.57 Å². The number of fused-ring (bicyclic) bond motifs is 1. The highest BCUT2D eigenvalue weighted by atomic mass is 15.1. The van der Waals surface area contributed by atoms with Crippen LogP contribution in [0.4, 0.5) is 5.69 Å². The van der Waals surface area contributed by atoms with Crippen molar-refractivity contribution in [3.63, 3.8) is 0 Å². The van der Waals surface area contributed by atoms with Crippen LogP contribution in [0.3, 0.4) is 0 Å². The maximum atomic E-state index is 2.35. The first-order valence-electron chi connectivity index (χ1n) is 8.89. The highest BCUT2D eigenvalue weighted by Crippen LogP contribution is 2.34. The molecule has 23 heavy (non-hydrogen) atoms. The molecule has 0 aliphatic carbocycles. The van der Waals surface area contributed by atoms with Gasteiger partial charge in [-0.25, -0.2) is 0 Å². The third-order valence-electron chi connectivity index (χ3n) is 4.76. The predicted molar refractivity (Wildman–Crippen MR) is 101 cm³/mol. The minimum absolute atomic E-state index is 0.977. The Morgan fingerprint density at radius 1 is 0.913 bits per heavy atom. The number of aryl methyl sites for hydroxylation is 1. The lowest BCUT2D eigenvalue weighted by Gasteiger charge is -2.27. The molecule has 1 aliphatic rings. The summed E-state index contributed by atoms with van der Waals surface area (Å²) in [6, 6.07) is 17.9. The minimum Gasteiger partial charge on any atom is -0.370 e. The molecule has 1 nitrogen and oxygen atoms in total. The van der Waals surface area contributed by atoms with Crippen LogP contribution >= 0.6 is 0 Å². The summed E-state index contributed by atoms with van der Waals surface area (Å²) in [5, 5.41) is 0. The van der Waals surface area contributed by atoms with Crippen molar-refractivity contribution in [2.75, 3.05) is 18.5 Å². The molecule has 3 rings (SSSR count). The number of hydrogen-bond donors (Lipinski definition) is 0. The molecule has 0 N–H and O–H groups in total. The van der Waals surface area contributed by atoms with E-state index in [0.717, 1.165) is 6.54 Å². The Bertz CT molecular complexity index is 667. The van der Waals surface area contributed by atoms with Crippen LogP contribution in [-0.4, -0.2) is 13.6 Å². The van der Waals surface area contributed by atoms with Crippen molar-refractivity contribution in [1.29, 1.82) is 0 Å². The highest BCUT2D eigenvalue weighted by Gasteiger charge is 2.16. The van der Waals surface area contributed by atoms with Crippen LogP contribution in [0.15, 0.2) is 54.6 Å². The van der Waals surface area contributed by atoms with Crippen LogP contribution in [0.2, 0.25) is 0 Å². The smallest absolute Gasteiger partial charge is 0.0446 e. The average Bonchev–Trinajstić information content (AvgIpc) is 2.60. The van der Waals surface area contributed by atoms with Crippen LogP contribution in [-0.2, 0) is 6.42 Å². The average molecular weight is 305 g/mol. The van der Waals surface area contributed by atoms with E-state index in [0.29, 0.717) is 0 Å². The van der Waals surface area contributed by atoms with E-state index in [1.807, 2.05) is 0 Å². The fraction of sp³-hybridized carbons (Fsp3) is 0.364. The zero-order valence-corrected chi connectivity index (χ0v) is 14.4. The summed E-state index contributed by atoms with van der Waals surface area (Å²) in [4.78, 5) is 2.31. The van der Waals surface area contributed by atoms with Gasteiger partial charge in [0.15, 0.2) is 0 Å². The molecule has 0 aromatic heterocycles. The number of likely N-dealkylation sites (N-methyl/N-ethyl adjacent to an activating group) is 1. The Hall–Kier alpha value is -2.02. The molecule has 0 spiro atoms. The van der Waals surface area contributed by atoms with Crippen LogP contribution in [0.1, 0.15) is 49.3 Å². The third-order valence-corrected chi connectivity index (χ3v) is 4.76. The Morgan fingerprint density at radius 3 is 2.48 bits per heavy atom. The van der Waals surface area contributed by atoms with Gasteiger partial charge >= 0.3 is 0 Å². The van der Waals surface area contributed by atoms with Gasteiger partial charge in [0.05, 0.1) is 0 Å². The van der Waals surface area contributed by atoms with Crippen molar-refractivity contribution in [2.24, 2.45) is 0 Å². The van der Waals surface area contributed by atoms with E-state index < -0.39 is 0 Å². The van der Waals surface area contributed by atoms with E-state index in [1.165, 1.54) is 60.1 Å². The van der Waals surface area contributed by atoms with Gasteiger partial charge in [-0.15, -0.1) is 0 Å². The fourth-order valence-electron chi connectivity index (χ4n) is 3.35. The van der Waals surface area contributed by atoms with Gasteiger partial charge in [-0.3, -0.25) is 0 Å². The molecule has 0 radical (unpaired) electrons.